The minimum Gasteiger partial charge on any atom is -0.478 e. The van der Waals surface area contributed by atoms with Gasteiger partial charge in [-0.1, -0.05) is 88.4 Å². The highest BCUT2D eigenvalue weighted by atomic mass is 16.5. The van der Waals surface area contributed by atoms with E-state index in [2.05, 4.69) is 32.6 Å². The number of hydrogen-bond donors (Lipinski definition) is 3. The molecule has 0 amide bonds. The van der Waals surface area contributed by atoms with Gasteiger partial charge in [-0.2, -0.15) is 0 Å². The number of carbonyl (C=O) groups is 2. The van der Waals surface area contributed by atoms with Crippen LogP contribution in [0.25, 0.3) is 0 Å². The average molecular weight is 500 g/mol. The molecule has 0 saturated heterocycles. The molecule has 0 radical (unpaired) electrons. The molecule has 0 aliphatic rings. The van der Waals surface area contributed by atoms with Crippen LogP contribution in [-0.2, 0) is 19.9 Å². The van der Waals surface area contributed by atoms with Crippen molar-refractivity contribution in [3.05, 3.63) is 83.9 Å². The van der Waals surface area contributed by atoms with Gasteiger partial charge in [0.2, 0.25) is 0 Å². The Morgan fingerprint density at radius 1 is 0.889 bits per heavy atom. The first kappa shape index (κ1) is 31.0. The summed E-state index contributed by atoms with van der Waals surface area (Å²) in [5.41, 5.74) is 0.750. The molecule has 198 valence electrons. The van der Waals surface area contributed by atoms with Crippen LogP contribution in [0, 0.1) is 11.8 Å². The quantitative estimate of drug-likeness (QED) is 0.256. The van der Waals surface area contributed by atoms with Crippen molar-refractivity contribution in [1.29, 1.82) is 0 Å². The maximum atomic E-state index is 12.2. The highest BCUT2D eigenvalue weighted by Gasteiger charge is 2.40. The third kappa shape index (κ3) is 10.7. The van der Waals surface area contributed by atoms with Gasteiger partial charge in [0.05, 0.1) is 6.61 Å². The second-order valence-corrected chi connectivity index (χ2v) is 8.95. The summed E-state index contributed by atoms with van der Waals surface area (Å²) in [6.45, 7) is 12.7. The molecular formula is C29H41NO6. The number of rotatable bonds is 14. The number of carboxylic acid groups (broad SMARTS) is 2. The third-order valence-electron chi connectivity index (χ3n) is 5.92. The van der Waals surface area contributed by atoms with Gasteiger partial charge in [0, 0.05) is 31.2 Å². The molecule has 36 heavy (non-hydrogen) atoms. The summed E-state index contributed by atoms with van der Waals surface area (Å²) in [4.78, 5) is 21.5. The van der Waals surface area contributed by atoms with E-state index in [9.17, 15) is 14.7 Å². The van der Waals surface area contributed by atoms with Crippen molar-refractivity contribution in [3.63, 3.8) is 0 Å². The number of nitrogens with zero attached hydrogens (tertiary/aromatic N) is 1. The van der Waals surface area contributed by atoms with E-state index in [1.54, 1.807) is 0 Å². The van der Waals surface area contributed by atoms with Crippen LogP contribution in [-0.4, -0.2) is 65.0 Å². The van der Waals surface area contributed by atoms with Gasteiger partial charge in [0.15, 0.2) is 0 Å². The summed E-state index contributed by atoms with van der Waals surface area (Å²) in [5, 5.41) is 27.8. The number of hydrogen-bond acceptors (Lipinski definition) is 5. The summed E-state index contributed by atoms with van der Waals surface area (Å²) >= 11 is 0. The first-order chi connectivity index (χ1) is 17.1. The topological polar surface area (TPSA) is 107 Å². The number of aliphatic hydroxyl groups is 1. The lowest BCUT2D eigenvalue weighted by molar-refractivity contribution is -0.134. The smallest absolute Gasteiger partial charge is 0.328 e. The molecular weight excluding hydrogens is 458 g/mol. The first-order valence-corrected chi connectivity index (χ1v) is 12.4. The lowest BCUT2D eigenvalue weighted by Gasteiger charge is -2.39. The van der Waals surface area contributed by atoms with E-state index < -0.39 is 17.5 Å². The van der Waals surface area contributed by atoms with E-state index in [-0.39, 0.29) is 5.92 Å². The van der Waals surface area contributed by atoms with Gasteiger partial charge in [-0.3, -0.25) is 0 Å². The average Bonchev–Trinajstić information content (AvgIpc) is 2.88. The summed E-state index contributed by atoms with van der Waals surface area (Å²) in [6.07, 6.45) is 2.15. The zero-order valence-electron chi connectivity index (χ0n) is 21.8. The normalized spacial score (nSPS) is 12.4. The van der Waals surface area contributed by atoms with Gasteiger partial charge in [-0.05, 0) is 36.6 Å². The minimum atomic E-state index is -1.26. The van der Waals surface area contributed by atoms with Gasteiger partial charge in [-0.25, -0.2) is 9.59 Å². The predicted octanol–water partition coefficient (Wildman–Crippen LogP) is 4.66. The highest BCUT2D eigenvalue weighted by molar-refractivity contribution is 5.89. The van der Waals surface area contributed by atoms with Crippen LogP contribution < -0.4 is 0 Å². The molecule has 7 nitrogen and oxygen atoms in total. The molecule has 0 heterocycles. The monoisotopic (exact) mass is 499 g/mol. The number of benzene rings is 2. The summed E-state index contributed by atoms with van der Waals surface area (Å²) in [5.74, 6) is -1.97. The van der Waals surface area contributed by atoms with E-state index in [1.165, 1.54) is 0 Å². The second kappa shape index (κ2) is 16.6. The van der Waals surface area contributed by atoms with Gasteiger partial charge < -0.3 is 25.0 Å². The van der Waals surface area contributed by atoms with Crippen molar-refractivity contribution >= 4 is 11.9 Å². The third-order valence-corrected chi connectivity index (χ3v) is 5.92. The molecule has 0 aliphatic heterocycles. The van der Waals surface area contributed by atoms with Crippen LogP contribution in [0.3, 0.4) is 0 Å². The highest BCUT2D eigenvalue weighted by Crippen LogP contribution is 2.37. The fourth-order valence-corrected chi connectivity index (χ4v) is 3.81. The van der Waals surface area contributed by atoms with E-state index >= 15 is 0 Å². The summed E-state index contributed by atoms with van der Waals surface area (Å²) in [7, 11) is 0. The predicted molar refractivity (Wildman–Crippen MR) is 142 cm³/mol. The molecule has 2 rings (SSSR count). The van der Waals surface area contributed by atoms with Crippen LogP contribution >= 0.6 is 0 Å². The molecule has 2 aromatic rings. The molecule has 2 aromatic carbocycles. The van der Waals surface area contributed by atoms with Crippen LogP contribution in [0.4, 0.5) is 0 Å². The zero-order valence-corrected chi connectivity index (χ0v) is 21.8. The van der Waals surface area contributed by atoms with E-state index in [0.717, 1.165) is 43.8 Å². The number of aliphatic carboxylic acids is 2. The fourth-order valence-electron chi connectivity index (χ4n) is 3.81. The van der Waals surface area contributed by atoms with Gasteiger partial charge in [-0.15, -0.1) is 0 Å². The Hall–Kier alpha value is -3.00. The van der Waals surface area contributed by atoms with Crippen molar-refractivity contribution < 1.29 is 29.6 Å². The molecule has 0 saturated carbocycles. The van der Waals surface area contributed by atoms with Crippen LogP contribution in [0.15, 0.2) is 72.8 Å². The molecule has 0 aromatic heterocycles. The molecule has 1 unspecified atom stereocenters. The van der Waals surface area contributed by atoms with Crippen molar-refractivity contribution in [3.8, 4) is 0 Å². The molecule has 0 fully saturated rings. The molecule has 0 bridgehead atoms. The second-order valence-electron chi connectivity index (χ2n) is 8.95. The molecule has 7 heteroatoms. The summed E-state index contributed by atoms with van der Waals surface area (Å²) in [6, 6.07) is 20.1. The summed E-state index contributed by atoms with van der Waals surface area (Å²) < 4.78 is 6.10. The van der Waals surface area contributed by atoms with Crippen molar-refractivity contribution in [2.45, 2.75) is 39.7 Å². The Labute approximate surface area is 215 Å². The molecule has 0 spiro atoms. The Balaban J connectivity index is 0.000000697. The Morgan fingerprint density at radius 2 is 1.33 bits per heavy atom. The standard InChI is InChI=1S/C25H37NO2.C4H4O4/c1-5-26(6-2)19-24(20-28-18-17-21(3)4)25(27,22-13-9-7-10-14-22)23-15-11-8-12-16-23;5-3(6)1-2-4(7)8/h7-16,21,24,27H,5-6,17-20H2,1-4H3;1-2H,(H,5,6)(H,7,8)/b;2-1+. The maximum Gasteiger partial charge on any atom is 0.328 e. The van der Waals surface area contributed by atoms with Crippen LogP contribution in [0.1, 0.15) is 45.2 Å². The molecule has 0 aliphatic carbocycles. The van der Waals surface area contributed by atoms with Crippen LogP contribution in [0.5, 0.6) is 0 Å². The SMILES string of the molecule is CCN(CC)CC(COCCC(C)C)C(O)(c1ccccc1)c1ccccc1.O=C(O)/C=C/C(=O)O. The number of ether oxygens (including phenoxy) is 1. The van der Waals surface area contributed by atoms with Gasteiger partial charge in [0.1, 0.15) is 5.60 Å². The lowest BCUT2D eigenvalue weighted by atomic mass is 9.76. The fraction of sp³-hybridized carbons (Fsp3) is 0.448. The number of carboxylic acids is 2. The zero-order chi connectivity index (χ0) is 27.0. The molecule has 1 atom stereocenters. The van der Waals surface area contributed by atoms with Crippen molar-refractivity contribution in [2.24, 2.45) is 11.8 Å². The maximum absolute atomic E-state index is 12.2. The Kier molecular flexibility index (Phi) is 14.3. The molecule has 3 N–H and O–H groups in total. The largest absolute Gasteiger partial charge is 0.478 e. The van der Waals surface area contributed by atoms with E-state index in [4.69, 9.17) is 14.9 Å². The van der Waals surface area contributed by atoms with Crippen LogP contribution in [0.2, 0.25) is 0 Å². The Bertz CT molecular complexity index is 854. The van der Waals surface area contributed by atoms with E-state index in [0.29, 0.717) is 24.7 Å². The Morgan fingerprint density at radius 3 is 1.69 bits per heavy atom. The first-order valence-electron chi connectivity index (χ1n) is 12.4. The van der Waals surface area contributed by atoms with Gasteiger partial charge >= 0.3 is 11.9 Å². The van der Waals surface area contributed by atoms with Crippen molar-refractivity contribution in [1.82, 2.24) is 4.90 Å². The lowest BCUT2D eigenvalue weighted by Crippen LogP contribution is -2.45. The minimum absolute atomic E-state index is 0.0654. The van der Waals surface area contributed by atoms with Gasteiger partial charge in [0.25, 0.3) is 0 Å². The van der Waals surface area contributed by atoms with E-state index in [1.807, 2.05) is 60.7 Å². The van der Waals surface area contributed by atoms with Crippen molar-refractivity contribution in [2.75, 3.05) is 32.8 Å².